The first-order chi connectivity index (χ1) is 11.2. The lowest BCUT2D eigenvalue weighted by Crippen LogP contribution is -2.68. The Balaban J connectivity index is 0.000000550. The molecule has 0 saturated heterocycles. The van der Waals surface area contributed by atoms with E-state index in [0.29, 0.717) is 0 Å². The van der Waals surface area contributed by atoms with Crippen LogP contribution in [0.2, 0.25) is 0 Å². The maximum Gasteiger partial charge on any atom is 0.334 e. The van der Waals surface area contributed by atoms with E-state index in [1.54, 1.807) is 0 Å². The van der Waals surface area contributed by atoms with Gasteiger partial charge in [0.2, 0.25) is 0 Å². The first kappa shape index (κ1) is 22.3. The van der Waals surface area contributed by atoms with Crippen molar-refractivity contribution in [1.82, 2.24) is 0 Å². The van der Waals surface area contributed by atoms with E-state index < -0.39 is 10.2 Å². The highest BCUT2D eigenvalue weighted by Crippen LogP contribution is 2.37. The van der Waals surface area contributed by atoms with E-state index in [9.17, 15) is 0 Å². The largest absolute Gasteiger partial charge is 0.334 e. The second-order valence-corrected chi connectivity index (χ2v) is 9.59. The lowest BCUT2D eigenvalue weighted by molar-refractivity contribution is -2.00. The predicted molar refractivity (Wildman–Crippen MR) is 86.3 cm³/mol. The summed E-state index contributed by atoms with van der Waals surface area (Å²) < 4.78 is 40.2. The zero-order chi connectivity index (χ0) is 19.5. The van der Waals surface area contributed by atoms with Crippen LogP contribution in [0, 0.1) is 10.2 Å². The highest BCUT2D eigenvalue weighted by atomic mass is 35.7. The van der Waals surface area contributed by atoms with Gasteiger partial charge in [-0.3, -0.25) is 0 Å². The van der Waals surface area contributed by atoms with Crippen LogP contribution in [-0.4, -0.2) is 0 Å². The van der Waals surface area contributed by atoms with E-state index in [1.807, 2.05) is 0 Å². The SMILES string of the molecule is CC(C)(C)c1cc(C2CCCCC2)cc(C(C)(C)C)[o+]1.[O-][Cl+3]([O-])([O-])[O-]. The molecule has 0 aromatic carbocycles. The molecule has 2 rings (SSSR count). The normalized spacial score (nSPS) is 17.0. The first-order valence-corrected chi connectivity index (χ1v) is 10.0. The summed E-state index contributed by atoms with van der Waals surface area (Å²) >= 11 is 0. The Kier molecular flexibility index (Phi) is 7.42. The van der Waals surface area contributed by atoms with Gasteiger partial charge in [-0.1, -0.05) is 19.3 Å². The molecule has 1 saturated carbocycles. The van der Waals surface area contributed by atoms with Gasteiger partial charge < -0.3 is 0 Å². The molecule has 0 amide bonds. The molecule has 0 radical (unpaired) electrons. The summed E-state index contributed by atoms with van der Waals surface area (Å²) in [5.74, 6) is 3.00. The molecule has 1 aliphatic rings. The maximum absolute atomic E-state index is 8.49. The molecular weight excluding hydrogens is 344 g/mol. The second-order valence-electron chi connectivity index (χ2n) is 8.83. The van der Waals surface area contributed by atoms with Crippen molar-refractivity contribution in [3.8, 4) is 0 Å². The Morgan fingerprint density at radius 1 is 0.800 bits per heavy atom. The molecule has 6 heteroatoms. The van der Waals surface area contributed by atoms with Gasteiger partial charge in [0.15, 0.2) is 0 Å². The van der Waals surface area contributed by atoms with Crippen LogP contribution in [0.3, 0.4) is 0 Å². The van der Waals surface area contributed by atoms with Gasteiger partial charge in [-0.25, -0.2) is 23.1 Å². The summed E-state index contributed by atoms with van der Waals surface area (Å²) in [5.41, 5.74) is 1.65. The molecule has 25 heavy (non-hydrogen) atoms. The Labute approximate surface area is 153 Å². The zero-order valence-corrected chi connectivity index (χ0v) is 16.9. The van der Waals surface area contributed by atoms with E-state index in [-0.39, 0.29) is 10.8 Å². The molecule has 0 unspecified atom stereocenters. The summed E-state index contributed by atoms with van der Waals surface area (Å²) in [4.78, 5) is 0. The van der Waals surface area contributed by atoms with Gasteiger partial charge in [0.05, 0.1) is 10.8 Å². The monoisotopic (exact) mass is 374 g/mol. The molecule has 0 bridgehead atoms. The van der Waals surface area contributed by atoms with Gasteiger partial charge in [0.25, 0.3) is 0 Å². The fourth-order valence-electron chi connectivity index (χ4n) is 2.93. The average molecular weight is 375 g/mol. The molecule has 1 aliphatic carbocycles. The van der Waals surface area contributed by atoms with Crippen molar-refractivity contribution in [2.75, 3.05) is 0 Å². The third-order valence-corrected chi connectivity index (χ3v) is 4.37. The lowest BCUT2D eigenvalue weighted by atomic mass is 9.81. The van der Waals surface area contributed by atoms with Crippen LogP contribution in [-0.2, 0) is 10.8 Å². The molecule has 1 heterocycles. The van der Waals surface area contributed by atoms with Crippen molar-refractivity contribution in [3.05, 3.63) is 29.2 Å². The summed E-state index contributed by atoms with van der Waals surface area (Å²) in [6.07, 6.45) is 6.86. The Hall–Kier alpha value is -0.720. The van der Waals surface area contributed by atoms with Crippen molar-refractivity contribution in [2.45, 2.75) is 90.4 Å². The standard InChI is InChI=1S/C19H31O.ClHO4/c1-18(2,3)16-12-15(14-10-8-7-9-11-14)13-17(20-16)19(4,5)6;2-1(3,4)5/h12-14H,7-11H2,1-6H3;(H,2,3,4,5)/q+1;/p-1. The van der Waals surface area contributed by atoms with Crippen LogP contribution in [0.15, 0.2) is 16.5 Å². The molecule has 0 atom stereocenters. The zero-order valence-electron chi connectivity index (χ0n) is 16.2. The van der Waals surface area contributed by atoms with E-state index in [2.05, 4.69) is 53.7 Å². The van der Waals surface area contributed by atoms with E-state index in [4.69, 9.17) is 23.1 Å². The fourth-order valence-corrected chi connectivity index (χ4v) is 2.93. The molecule has 5 nitrogen and oxygen atoms in total. The molecule has 0 N–H and O–H groups in total. The summed E-state index contributed by atoms with van der Waals surface area (Å²) in [7, 11) is -4.94. The van der Waals surface area contributed by atoms with Crippen LogP contribution in [0.25, 0.3) is 0 Å². The van der Waals surface area contributed by atoms with Gasteiger partial charge in [0, 0.05) is 12.1 Å². The fraction of sp³-hybridized carbons (Fsp3) is 0.737. The van der Waals surface area contributed by atoms with E-state index in [0.717, 1.165) is 17.4 Å². The highest BCUT2D eigenvalue weighted by Gasteiger charge is 2.35. The van der Waals surface area contributed by atoms with Gasteiger partial charge in [-0.2, -0.15) is 0 Å². The minimum Gasteiger partial charge on any atom is -0.222 e. The van der Waals surface area contributed by atoms with Gasteiger partial charge in [-0.15, -0.1) is 10.2 Å². The molecule has 0 aliphatic heterocycles. The topological polar surface area (TPSA) is 104 Å². The number of halogens is 1. The third kappa shape index (κ3) is 8.47. The number of rotatable bonds is 1. The van der Waals surface area contributed by atoms with Crippen LogP contribution in [0.1, 0.15) is 96.6 Å². The van der Waals surface area contributed by atoms with Crippen LogP contribution < -0.4 is 18.6 Å². The minimum absolute atomic E-state index is 0.0741. The minimum atomic E-state index is -4.94. The van der Waals surface area contributed by atoms with Crippen LogP contribution in [0.5, 0.6) is 0 Å². The van der Waals surface area contributed by atoms with Crippen molar-refractivity contribution >= 4 is 0 Å². The molecule has 144 valence electrons. The lowest BCUT2D eigenvalue weighted by Gasteiger charge is -2.23. The smallest absolute Gasteiger partial charge is 0.222 e. The molecule has 1 aromatic heterocycles. The molecule has 0 spiro atoms. The number of hydrogen-bond donors (Lipinski definition) is 0. The van der Waals surface area contributed by atoms with Gasteiger partial charge >= 0.3 is 11.5 Å². The van der Waals surface area contributed by atoms with Gasteiger partial charge in [-0.05, 0) is 65.9 Å². The van der Waals surface area contributed by atoms with Gasteiger partial charge in [0.1, 0.15) is 0 Å². The third-order valence-electron chi connectivity index (χ3n) is 4.37. The van der Waals surface area contributed by atoms with Crippen molar-refractivity contribution in [2.24, 2.45) is 0 Å². The van der Waals surface area contributed by atoms with Crippen molar-refractivity contribution in [1.29, 1.82) is 0 Å². The Bertz CT molecular complexity index is 508. The van der Waals surface area contributed by atoms with Crippen molar-refractivity contribution in [3.63, 3.8) is 0 Å². The Morgan fingerprint density at radius 2 is 1.16 bits per heavy atom. The molecular formula is C19H31ClO5. The van der Waals surface area contributed by atoms with E-state index >= 15 is 0 Å². The summed E-state index contributed by atoms with van der Waals surface area (Å²) in [6, 6.07) is 4.65. The van der Waals surface area contributed by atoms with Crippen LogP contribution >= 0.6 is 0 Å². The maximum atomic E-state index is 8.49. The highest BCUT2D eigenvalue weighted by molar-refractivity contribution is 5.28. The summed E-state index contributed by atoms with van der Waals surface area (Å²) in [6.45, 7) is 13.4. The van der Waals surface area contributed by atoms with E-state index in [1.165, 1.54) is 37.7 Å². The quantitative estimate of drug-likeness (QED) is 0.692. The summed E-state index contributed by atoms with van der Waals surface area (Å²) in [5, 5.41) is 0. The number of hydrogen-bond acceptors (Lipinski definition) is 4. The first-order valence-electron chi connectivity index (χ1n) is 8.79. The Morgan fingerprint density at radius 3 is 1.48 bits per heavy atom. The van der Waals surface area contributed by atoms with Crippen LogP contribution in [0.4, 0.5) is 0 Å². The molecule has 1 aromatic rings. The average Bonchev–Trinajstić information content (AvgIpc) is 2.44. The van der Waals surface area contributed by atoms with Crippen molar-refractivity contribution < 1.29 is 33.3 Å². The predicted octanol–water partition coefficient (Wildman–Crippen LogP) is 1.45. The molecule has 1 fully saturated rings. The second kappa shape index (κ2) is 8.31.